The van der Waals surface area contributed by atoms with Crippen molar-refractivity contribution >= 4 is 29.2 Å². The first-order valence-electron chi connectivity index (χ1n) is 10.8. The predicted octanol–water partition coefficient (Wildman–Crippen LogP) is 4.25. The van der Waals surface area contributed by atoms with Crippen molar-refractivity contribution in [1.29, 1.82) is 0 Å². The number of anilines is 1. The van der Waals surface area contributed by atoms with E-state index < -0.39 is 34.9 Å². The molecule has 2 N–H and O–H groups in total. The fourth-order valence-corrected chi connectivity index (χ4v) is 3.98. The fourth-order valence-electron chi connectivity index (χ4n) is 3.98. The van der Waals surface area contributed by atoms with Gasteiger partial charge in [0.05, 0.1) is 4.92 Å². The molecule has 1 aliphatic heterocycles. The molecule has 1 saturated heterocycles. The average Bonchev–Trinajstić information content (AvgIpc) is 2.97. The third-order valence-electron chi connectivity index (χ3n) is 5.85. The van der Waals surface area contributed by atoms with Crippen molar-refractivity contribution in [2.24, 2.45) is 0 Å². The molecule has 0 bridgehead atoms. The Labute approximate surface area is 192 Å². The number of hydrogen-bond donors (Lipinski definition) is 2. The van der Waals surface area contributed by atoms with Crippen molar-refractivity contribution < 1.29 is 19.3 Å². The maximum Gasteiger partial charge on any atom is 0.325 e. The van der Waals surface area contributed by atoms with Crippen molar-refractivity contribution in [3.8, 4) is 0 Å². The molecule has 0 aliphatic carbocycles. The standard InChI is InChI=1S/C24H28N4O5/c1-14(2)18-10-7-11-19(15(3)4)21(18)25-20(29)13-27-22(30)24(5,26-23(27)31)16-8-6-9-17(12-16)28(32)33/h6-12,14-15H,13H2,1-5H3,(H,25,29)(H,26,31). The summed E-state index contributed by atoms with van der Waals surface area (Å²) in [6.07, 6.45) is 0. The summed E-state index contributed by atoms with van der Waals surface area (Å²) in [6.45, 7) is 9.09. The number of carbonyl (C=O) groups excluding carboxylic acids is 3. The Kier molecular flexibility index (Phi) is 6.53. The number of para-hydroxylation sites is 1. The van der Waals surface area contributed by atoms with E-state index in [4.69, 9.17) is 0 Å². The molecule has 1 heterocycles. The van der Waals surface area contributed by atoms with E-state index in [2.05, 4.69) is 10.6 Å². The van der Waals surface area contributed by atoms with Crippen LogP contribution in [0.3, 0.4) is 0 Å². The van der Waals surface area contributed by atoms with Crippen LogP contribution in [0.1, 0.15) is 63.1 Å². The number of carbonyl (C=O) groups is 3. The van der Waals surface area contributed by atoms with Gasteiger partial charge < -0.3 is 10.6 Å². The number of non-ortho nitro benzene ring substituents is 1. The topological polar surface area (TPSA) is 122 Å². The number of amides is 4. The SMILES string of the molecule is CC(C)c1cccc(C(C)C)c1NC(=O)CN1C(=O)NC(C)(c2cccc([N+](=O)[O-])c2)C1=O. The lowest BCUT2D eigenvalue weighted by molar-refractivity contribution is -0.385. The van der Waals surface area contributed by atoms with Gasteiger partial charge >= 0.3 is 6.03 Å². The van der Waals surface area contributed by atoms with Crippen LogP contribution in [0.15, 0.2) is 42.5 Å². The number of nitro benzene ring substituents is 1. The number of nitrogens with one attached hydrogen (secondary N) is 2. The number of rotatable bonds is 7. The van der Waals surface area contributed by atoms with E-state index in [0.29, 0.717) is 5.69 Å². The molecule has 2 aromatic carbocycles. The maximum atomic E-state index is 13.2. The molecule has 1 fully saturated rings. The van der Waals surface area contributed by atoms with E-state index in [1.54, 1.807) is 0 Å². The number of hydrogen-bond acceptors (Lipinski definition) is 5. The first-order valence-corrected chi connectivity index (χ1v) is 10.8. The predicted molar refractivity (Wildman–Crippen MR) is 124 cm³/mol. The Morgan fingerprint density at radius 1 is 1.09 bits per heavy atom. The molecule has 33 heavy (non-hydrogen) atoms. The molecule has 9 heteroatoms. The van der Waals surface area contributed by atoms with Crippen LogP contribution in [-0.4, -0.2) is 34.2 Å². The Bertz CT molecular complexity index is 1100. The van der Waals surface area contributed by atoms with Crippen molar-refractivity contribution in [3.05, 3.63) is 69.3 Å². The summed E-state index contributed by atoms with van der Waals surface area (Å²) >= 11 is 0. The molecule has 9 nitrogen and oxygen atoms in total. The van der Waals surface area contributed by atoms with Crippen LogP contribution in [-0.2, 0) is 15.1 Å². The van der Waals surface area contributed by atoms with Gasteiger partial charge in [-0.05, 0) is 35.4 Å². The first kappa shape index (κ1) is 23.9. The molecule has 4 amide bonds. The highest BCUT2D eigenvalue weighted by molar-refractivity contribution is 6.10. The minimum absolute atomic E-state index is 0.160. The van der Waals surface area contributed by atoms with Gasteiger partial charge in [0.1, 0.15) is 12.1 Å². The van der Waals surface area contributed by atoms with Crippen molar-refractivity contribution in [1.82, 2.24) is 10.2 Å². The highest BCUT2D eigenvalue weighted by Crippen LogP contribution is 2.33. The van der Waals surface area contributed by atoms with Crippen molar-refractivity contribution in [2.75, 3.05) is 11.9 Å². The highest BCUT2D eigenvalue weighted by Gasteiger charge is 2.49. The molecule has 2 aromatic rings. The molecule has 1 unspecified atom stereocenters. The highest BCUT2D eigenvalue weighted by atomic mass is 16.6. The van der Waals surface area contributed by atoms with E-state index in [1.165, 1.54) is 31.2 Å². The van der Waals surface area contributed by atoms with E-state index in [9.17, 15) is 24.5 Å². The van der Waals surface area contributed by atoms with Crippen LogP contribution in [0.5, 0.6) is 0 Å². The lowest BCUT2D eigenvalue weighted by atomic mass is 9.91. The Balaban J connectivity index is 1.85. The first-order chi connectivity index (χ1) is 15.5. The second-order valence-corrected chi connectivity index (χ2v) is 8.92. The molecule has 3 rings (SSSR count). The molecule has 0 radical (unpaired) electrons. The summed E-state index contributed by atoms with van der Waals surface area (Å²) in [6, 6.07) is 10.6. The van der Waals surface area contributed by atoms with Crippen LogP contribution in [0.4, 0.5) is 16.2 Å². The summed E-state index contributed by atoms with van der Waals surface area (Å²) < 4.78 is 0. The van der Waals surface area contributed by atoms with Gasteiger partial charge in [-0.2, -0.15) is 0 Å². The Morgan fingerprint density at radius 2 is 1.67 bits per heavy atom. The molecule has 0 spiro atoms. The zero-order valence-corrected chi connectivity index (χ0v) is 19.3. The number of nitro groups is 1. The summed E-state index contributed by atoms with van der Waals surface area (Å²) in [5.74, 6) is -0.832. The molecule has 174 valence electrons. The van der Waals surface area contributed by atoms with Gasteiger partial charge in [-0.3, -0.25) is 24.6 Å². The van der Waals surface area contributed by atoms with Gasteiger partial charge in [0, 0.05) is 17.8 Å². The van der Waals surface area contributed by atoms with Crippen LogP contribution in [0.25, 0.3) is 0 Å². The number of urea groups is 1. The Morgan fingerprint density at radius 3 is 2.21 bits per heavy atom. The summed E-state index contributed by atoms with van der Waals surface area (Å²) in [5, 5.41) is 16.6. The summed E-state index contributed by atoms with van der Waals surface area (Å²) in [4.78, 5) is 50.1. The monoisotopic (exact) mass is 452 g/mol. The maximum absolute atomic E-state index is 13.2. The minimum Gasteiger partial charge on any atom is -0.324 e. The van der Waals surface area contributed by atoms with E-state index in [0.717, 1.165) is 16.0 Å². The van der Waals surface area contributed by atoms with Crippen LogP contribution in [0, 0.1) is 10.1 Å². The van der Waals surface area contributed by atoms with E-state index >= 15 is 0 Å². The normalized spacial score (nSPS) is 18.1. The second-order valence-electron chi connectivity index (χ2n) is 8.92. The largest absolute Gasteiger partial charge is 0.325 e. The molecular weight excluding hydrogens is 424 g/mol. The third-order valence-corrected chi connectivity index (χ3v) is 5.85. The zero-order chi connectivity index (χ0) is 24.5. The number of imide groups is 1. The quantitative estimate of drug-likeness (QED) is 0.369. The van der Waals surface area contributed by atoms with Gasteiger partial charge in [0.2, 0.25) is 5.91 Å². The number of nitrogens with zero attached hydrogens (tertiary/aromatic N) is 2. The summed E-state index contributed by atoms with van der Waals surface area (Å²) in [5.41, 5.74) is 1.19. The molecule has 1 atom stereocenters. The lowest BCUT2D eigenvalue weighted by Gasteiger charge is -2.23. The van der Waals surface area contributed by atoms with Crippen LogP contribution in [0.2, 0.25) is 0 Å². The van der Waals surface area contributed by atoms with Crippen molar-refractivity contribution in [3.63, 3.8) is 0 Å². The van der Waals surface area contributed by atoms with Gasteiger partial charge in [-0.1, -0.05) is 58.0 Å². The number of benzene rings is 2. The van der Waals surface area contributed by atoms with Gasteiger partial charge in [-0.25, -0.2) is 4.79 Å². The fraction of sp³-hybridized carbons (Fsp3) is 0.375. The molecule has 0 aromatic heterocycles. The second kappa shape index (κ2) is 9.01. The van der Waals surface area contributed by atoms with E-state index in [1.807, 2.05) is 45.9 Å². The van der Waals surface area contributed by atoms with Gasteiger partial charge in [0.25, 0.3) is 11.6 Å². The van der Waals surface area contributed by atoms with Crippen LogP contribution < -0.4 is 10.6 Å². The molecule has 1 aliphatic rings. The average molecular weight is 453 g/mol. The lowest BCUT2D eigenvalue weighted by Crippen LogP contribution is -2.42. The smallest absolute Gasteiger partial charge is 0.324 e. The molecular formula is C24H28N4O5. The summed E-state index contributed by atoms with van der Waals surface area (Å²) in [7, 11) is 0. The van der Waals surface area contributed by atoms with Crippen LogP contribution >= 0.6 is 0 Å². The van der Waals surface area contributed by atoms with Gasteiger partial charge in [0.15, 0.2) is 0 Å². The van der Waals surface area contributed by atoms with Crippen molar-refractivity contribution in [2.45, 2.75) is 52.0 Å². The third kappa shape index (κ3) is 4.57. The molecule has 0 saturated carbocycles. The van der Waals surface area contributed by atoms with E-state index in [-0.39, 0.29) is 23.1 Å². The Hall–Kier alpha value is -3.75. The van der Waals surface area contributed by atoms with Gasteiger partial charge in [-0.15, -0.1) is 0 Å². The minimum atomic E-state index is -1.51. The zero-order valence-electron chi connectivity index (χ0n) is 19.3.